The van der Waals surface area contributed by atoms with E-state index in [1.165, 1.54) is 23.5 Å². The first-order valence-corrected chi connectivity index (χ1v) is 8.18. The van der Waals surface area contributed by atoms with Crippen LogP contribution in [0.25, 0.3) is 0 Å². The highest BCUT2D eigenvalue weighted by molar-refractivity contribution is 5.74. The Morgan fingerprint density at radius 3 is 2.78 bits per heavy atom. The fourth-order valence-electron chi connectivity index (χ4n) is 2.67. The maximum atomic E-state index is 12.9. The van der Waals surface area contributed by atoms with E-state index in [0.717, 1.165) is 31.4 Å². The Labute approximate surface area is 136 Å². The minimum Gasteiger partial charge on any atom is -0.395 e. The molecule has 128 valence electrons. The summed E-state index contributed by atoms with van der Waals surface area (Å²) in [6.45, 7) is 1.82. The lowest BCUT2D eigenvalue weighted by molar-refractivity contribution is 0.0118. The lowest BCUT2D eigenvalue weighted by Gasteiger charge is -2.25. The third kappa shape index (κ3) is 6.15. The molecular formula is C17H25FN2O3. The van der Waals surface area contributed by atoms with Gasteiger partial charge in [-0.25, -0.2) is 9.18 Å². The summed E-state index contributed by atoms with van der Waals surface area (Å²) in [5.74, 6) is -0.306. The highest BCUT2D eigenvalue weighted by Gasteiger charge is 2.16. The molecule has 23 heavy (non-hydrogen) atoms. The summed E-state index contributed by atoms with van der Waals surface area (Å²) in [5.41, 5.74) is 0.825. The molecular weight excluding hydrogens is 299 g/mol. The van der Waals surface area contributed by atoms with Crippen LogP contribution < -0.4 is 5.32 Å². The third-order valence-corrected chi connectivity index (χ3v) is 3.96. The quantitative estimate of drug-likeness (QED) is 0.809. The van der Waals surface area contributed by atoms with Crippen molar-refractivity contribution in [3.8, 4) is 0 Å². The highest BCUT2D eigenvalue weighted by Crippen LogP contribution is 2.15. The van der Waals surface area contributed by atoms with Gasteiger partial charge in [-0.15, -0.1) is 0 Å². The summed E-state index contributed by atoms with van der Waals surface area (Å²) in [6.07, 6.45) is 4.37. The van der Waals surface area contributed by atoms with Crippen molar-refractivity contribution in [2.24, 2.45) is 0 Å². The van der Waals surface area contributed by atoms with E-state index >= 15 is 0 Å². The van der Waals surface area contributed by atoms with Crippen LogP contribution in [-0.4, -0.2) is 48.4 Å². The van der Waals surface area contributed by atoms with Gasteiger partial charge in [0.05, 0.1) is 12.7 Å². The molecule has 1 saturated heterocycles. The summed E-state index contributed by atoms with van der Waals surface area (Å²) in [6, 6.07) is 5.79. The number of nitrogens with one attached hydrogen (secondary N) is 1. The molecule has 1 heterocycles. The molecule has 2 N–H and O–H groups in total. The molecule has 1 aromatic carbocycles. The van der Waals surface area contributed by atoms with E-state index in [9.17, 15) is 9.18 Å². The normalized spacial score (nSPS) is 17.7. The van der Waals surface area contributed by atoms with Gasteiger partial charge in [0.25, 0.3) is 0 Å². The van der Waals surface area contributed by atoms with Crippen molar-refractivity contribution >= 4 is 6.03 Å². The van der Waals surface area contributed by atoms with Crippen LogP contribution in [0.15, 0.2) is 24.3 Å². The van der Waals surface area contributed by atoms with Crippen LogP contribution in [0.5, 0.6) is 0 Å². The molecule has 1 aliphatic rings. The van der Waals surface area contributed by atoms with Crippen LogP contribution in [0.1, 0.15) is 31.2 Å². The van der Waals surface area contributed by atoms with Crippen LogP contribution in [0.2, 0.25) is 0 Å². The highest BCUT2D eigenvalue weighted by atomic mass is 19.1. The van der Waals surface area contributed by atoms with Crippen molar-refractivity contribution in [1.29, 1.82) is 0 Å². The summed E-state index contributed by atoms with van der Waals surface area (Å²) < 4.78 is 18.6. The Morgan fingerprint density at radius 1 is 1.35 bits per heavy atom. The summed E-state index contributed by atoms with van der Waals surface area (Å²) in [7, 11) is 0. The van der Waals surface area contributed by atoms with Gasteiger partial charge in [-0.3, -0.25) is 0 Å². The minimum absolute atomic E-state index is 0.111. The van der Waals surface area contributed by atoms with Gasteiger partial charge < -0.3 is 20.1 Å². The Morgan fingerprint density at radius 2 is 2.13 bits per heavy atom. The van der Waals surface area contributed by atoms with Gasteiger partial charge >= 0.3 is 6.03 Å². The number of carbonyl (C=O) groups excluding carboxylic acids is 1. The van der Waals surface area contributed by atoms with Crippen molar-refractivity contribution in [3.63, 3.8) is 0 Å². The molecule has 1 aromatic rings. The Bertz CT molecular complexity index is 475. The Hall–Kier alpha value is -1.66. The molecule has 0 spiro atoms. The van der Waals surface area contributed by atoms with Gasteiger partial charge in [-0.05, 0) is 43.4 Å². The van der Waals surface area contributed by atoms with E-state index in [0.29, 0.717) is 13.1 Å². The van der Waals surface area contributed by atoms with Crippen molar-refractivity contribution in [3.05, 3.63) is 35.6 Å². The van der Waals surface area contributed by atoms with Crippen molar-refractivity contribution in [2.75, 3.05) is 26.3 Å². The van der Waals surface area contributed by atoms with Crippen LogP contribution in [-0.2, 0) is 11.3 Å². The first-order valence-electron chi connectivity index (χ1n) is 8.18. The maximum absolute atomic E-state index is 12.9. The van der Waals surface area contributed by atoms with Gasteiger partial charge in [0, 0.05) is 26.2 Å². The van der Waals surface area contributed by atoms with Crippen LogP contribution in [0.3, 0.4) is 0 Å². The average Bonchev–Trinajstić information content (AvgIpc) is 2.57. The van der Waals surface area contributed by atoms with Crippen LogP contribution in [0.4, 0.5) is 9.18 Å². The zero-order valence-electron chi connectivity index (χ0n) is 13.3. The second-order valence-electron chi connectivity index (χ2n) is 5.78. The molecule has 1 aliphatic heterocycles. The number of halogens is 1. The number of hydrogen-bond donors (Lipinski definition) is 2. The Kier molecular flexibility index (Phi) is 7.29. The largest absolute Gasteiger partial charge is 0.395 e. The number of rotatable bonds is 7. The van der Waals surface area contributed by atoms with E-state index in [-0.39, 0.29) is 31.1 Å². The number of aliphatic hydroxyl groups is 1. The first kappa shape index (κ1) is 17.7. The van der Waals surface area contributed by atoms with Gasteiger partial charge in [0.1, 0.15) is 5.82 Å². The van der Waals surface area contributed by atoms with Gasteiger partial charge in [-0.1, -0.05) is 12.1 Å². The predicted octanol–water partition coefficient (Wildman–Crippen LogP) is 2.29. The molecule has 0 radical (unpaired) electrons. The molecule has 5 nitrogen and oxygen atoms in total. The van der Waals surface area contributed by atoms with Crippen molar-refractivity contribution in [1.82, 2.24) is 10.2 Å². The minimum atomic E-state index is -0.306. The molecule has 0 bridgehead atoms. The molecule has 0 saturated carbocycles. The lowest BCUT2D eigenvalue weighted by atomic mass is 10.1. The number of nitrogens with zero attached hydrogens (tertiary/aromatic N) is 1. The maximum Gasteiger partial charge on any atom is 0.317 e. The number of aliphatic hydroxyl groups excluding tert-OH is 1. The van der Waals surface area contributed by atoms with E-state index < -0.39 is 0 Å². The molecule has 6 heteroatoms. The smallest absolute Gasteiger partial charge is 0.317 e. The van der Waals surface area contributed by atoms with Crippen molar-refractivity contribution in [2.45, 2.75) is 38.3 Å². The topological polar surface area (TPSA) is 61.8 Å². The van der Waals surface area contributed by atoms with Crippen LogP contribution in [0, 0.1) is 5.82 Å². The molecule has 0 aliphatic carbocycles. The molecule has 1 atom stereocenters. The number of urea groups is 1. The fourth-order valence-corrected chi connectivity index (χ4v) is 2.67. The molecule has 0 unspecified atom stereocenters. The zero-order valence-corrected chi connectivity index (χ0v) is 13.3. The number of carbonyl (C=O) groups is 1. The molecule has 1 fully saturated rings. The first-order chi connectivity index (χ1) is 11.2. The van der Waals surface area contributed by atoms with Gasteiger partial charge in [-0.2, -0.15) is 0 Å². The number of ether oxygens (including phenoxy) is 1. The summed E-state index contributed by atoms with van der Waals surface area (Å²) in [4.78, 5) is 13.8. The second kappa shape index (κ2) is 9.47. The average molecular weight is 324 g/mol. The fraction of sp³-hybridized carbons (Fsp3) is 0.588. The van der Waals surface area contributed by atoms with Crippen molar-refractivity contribution < 1.29 is 19.0 Å². The second-order valence-corrected chi connectivity index (χ2v) is 5.78. The van der Waals surface area contributed by atoms with Gasteiger partial charge in [0.15, 0.2) is 0 Å². The third-order valence-electron chi connectivity index (χ3n) is 3.96. The number of amides is 2. The Balaban J connectivity index is 1.78. The van der Waals surface area contributed by atoms with E-state index in [1.807, 2.05) is 0 Å². The molecule has 2 rings (SSSR count). The lowest BCUT2D eigenvalue weighted by Crippen LogP contribution is -2.42. The van der Waals surface area contributed by atoms with E-state index in [4.69, 9.17) is 9.84 Å². The summed E-state index contributed by atoms with van der Waals surface area (Å²) in [5, 5.41) is 12.0. The monoisotopic (exact) mass is 324 g/mol. The van der Waals surface area contributed by atoms with E-state index in [1.54, 1.807) is 12.1 Å². The molecule has 0 aromatic heterocycles. The standard InChI is InChI=1S/C17H25FN2O3/c18-15-6-4-14(5-7-15)13-20(10-11-21)17(22)19-9-8-16-3-1-2-12-23-16/h4-7,16,21H,1-3,8-13H2,(H,19,22)/t16-/m1/s1. The number of hydrogen-bond acceptors (Lipinski definition) is 3. The zero-order chi connectivity index (χ0) is 16.5. The van der Waals surface area contributed by atoms with E-state index in [2.05, 4.69) is 5.32 Å². The van der Waals surface area contributed by atoms with Crippen LogP contribution >= 0.6 is 0 Å². The van der Waals surface area contributed by atoms with Gasteiger partial charge in [0.2, 0.25) is 0 Å². The molecule has 2 amide bonds. The predicted molar refractivity (Wildman–Crippen MR) is 85.5 cm³/mol. The number of benzene rings is 1. The SMILES string of the molecule is O=C(NCC[C@H]1CCCCO1)N(CCO)Cc1ccc(F)cc1. The summed E-state index contributed by atoms with van der Waals surface area (Å²) >= 11 is 0.